The summed E-state index contributed by atoms with van der Waals surface area (Å²) in [6.45, 7) is 3.07. The van der Waals surface area contributed by atoms with Crippen molar-refractivity contribution in [2.75, 3.05) is 39.8 Å². The Morgan fingerprint density at radius 1 is 1.36 bits per heavy atom. The van der Waals surface area contributed by atoms with Gasteiger partial charge < -0.3 is 14.8 Å². The first-order valence-corrected chi connectivity index (χ1v) is 7.63. The van der Waals surface area contributed by atoms with Crippen molar-refractivity contribution in [1.29, 1.82) is 0 Å². The van der Waals surface area contributed by atoms with Gasteiger partial charge in [0.2, 0.25) is 0 Å². The molecule has 2 heterocycles. The van der Waals surface area contributed by atoms with Crippen LogP contribution in [-0.2, 0) is 18.4 Å². The summed E-state index contributed by atoms with van der Waals surface area (Å²) in [7, 11) is 3.91. The molecule has 0 radical (unpaired) electrons. The third-order valence-electron chi connectivity index (χ3n) is 4.20. The first kappa shape index (κ1) is 16.9. The van der Waals surface area contributed by atoms with E-state index in [9.17, 15) is 4.79 Å². The molecule has 2 rings (SSSR count). The van der Waals surface area contributed by atoms with Gasteiger partial charge in [0.15, 0.2) is 0 Å². The molecule has 0 aromatic carbocycles. The van der Waals surface area contributed by atoms with Crippen molar-refractivity contribution in [2.45, 2.75) is 25.3 Å². The molecule has 0 amide bonds. The lowest BCUT2D eigenvalue weighted by atomic mass is 9.96. The van der Waals surface area contributed by atoms with E-state index < -0.39 is 5.97 Å². The Hall–Kier alpha value is -1.51. The van der Waals surface area contributed by atoms with Crippen molar-refractivity contribution in [1.82, 2.24) is 24.6 Å². The predicted molar refractivity (Wildman–Crippen MR) is 80.5 cm³/mol. The third-order valence-corrected chi connectivity index (χ3v) is 4.20. The fourth-order valence-corrected chi connectivity index (χ4v) is 2.90. The van der Waals surface area contributed by atoms with Crippen LogP contribution in [0.3, 0.4) is 0 Å². The lowest BCUT2D eigenvalue weighted by molar-refractivity contribution is -0.138. The molecule has 2 N–H and O–H groups in total. The number of rotatable bonds is 7. The number of aliphatic hydroxyl groups is 1. The Morgan fingerprint density at radius 3 is 2.64 bits per heavy atom. The summed E-state index contributed by atoms with van der Waals surface area (Å²) in [5.74, 6) is 1.42. The molecule has 1 aromatic rings. The second-order valence-corrected chi connectivity index (χ2v) is 5.94. The van der Waals surface area contributed by atoms with Gasteiger partial charge in [0, 0.05) is 19.5 Å². The molecular formula is C14H25N5O3. The number of carboxylic acids is 1. The lowest BCUT2D eigenvalue weighted by Gasteiger charge is -2.30. The number of likely N-dealkylation sites (tertiary alicyclic amines) is 1. The minimum Gasteiger partial charge on any atom is -0.480 e. The van der Waals surface area contributed by atoms with Gasteiger partial charge in [-0.05, 0) is 33.0 Å². The number of aliphatic carboxylic acids is 1. The van der Waals surface area contributed by atoms with Crippen molar-refractivity contribution < 1.29 is 15.0 Å². The fourth-order valence-electron chi connectivity index (χ4n) is 2.90. The average Bonchev–Trinajstić information content (AvgIpc) is 2.81. The highest BCUT2D eigenvalue weighted by molar-refractivity contribution is 5.69. The first-order chi connectivity index (χ1) is 10.5. The smallest absolute Gasteiger partial charge is 0.317 e. The van der Waals surface area contributed by atoms with E-state index in [0.717, 1.165) is 37.6 Å². The first-order valence-electron chi connectivity index (χ1n) is 7.63. The van der Waals surface area contributed by atoms with Crippen LogP contribution in [0.2, 0.25) is 0 Å². The molecule has 0 spiro atoms. The summed E-state index contributed by atoms with van der Waals surface area (Å²) in [5.41, 5.74) is 0. The molecule has 8 nitrogen and oxygen atoms in total. The van der Waals surface area contributed by atoms with Crippen LogP contribution in [0.15, 0.2) is 0 Å². The summed E-state index contributed by atoms with van der Waals surface area (Å²) in [6, 6.07) is 0. The molecule has 0 saturated carbocycles. The van der Waals surface area contributed by atoms with Gasteiger partial charge in [-0.25, -0.2) is 0 Å². The van der Waals surface area contributed by atoms with Gasteiger partial charge in [0.05, 0.1) is 19.7 Å². The van der Waals surface area contributed by atoms with E-state index in [4.69, 9.17) is 10.2 Å². The van der Waals surface area contributed by atoms with Crippen LogP contribution >= 0.6 is 0 Å². The van der Waals surface area contributed by atoms with Crippen LogP contribution in [0, 0.1) is 0 Å². The summed E-state index contributed by atoms with van der Waals surface area (Å²) in [6.07, 6.45) is 1.82. The molecule has 0 aliphatic carbocycles. The zero-order valence-electron chi connectivity index (χ0n) is 13.3. The van der Waals surface area contributed by atoms with Gasteiger partial charge in [-0.2, -0.15) is 0 Å². The fraction of sp³-hybridized carbons (Fsp3) is 0.786. The van der Waals surface area contributed by atoms with E-state index >= 15 is 0 Å². The van der Waals surface area contributed by atoms with E-state index in [1.54, 1.807) is 0 Å². The van der Waals surface area contributed by atoms with Crippen LogP contribution in [-0.4, -0.2) is 80.6 Å². The largest absolute Gasteiger partial charge is 0.480 e. The van der Waals surface area contributed by atoms with Gasteiger partial charge >= 0.3 is 5.97 Å². The van der Waals surface area contributed by atoms with Crippen molar-refractivity contribution in [3.63, 3.8) is 0 Å². The molecule has 1 aliphatic rings. The number of piperidine rings is 1. The third kappa shape index (κ3) is 4.25. The highest BCUT2D eigenvalue weighted by atomic mass is 16.4. The van der Waals surface area contributed by atoms with Crippen LogP contribution < -0.4 is 0 Å². The molecule has 1 aliphatic heterocycles. The SMILES string of the molecule is CN(CCO)Cc1nnc(C2CCN(CC(=O)O)CC2)n1C. The van der Waals surface area contributed by atoms with Crippen LogP contribution in [0.1, 0.15) is 30.4 Å². The molecule has 124 valence electrons. The molecule has 8 heteroatoms. The van der Waals surface area contributed by atoms with Crippen LogP contribution in [0.5, 0.6) is 0 Å². The molecule has 1 saturated heterocycles. The number of aliphatic hydroxyl groups excluding tert-OH is 1. The van der Waals surface area contributed by atoms with Gasteiger partial charge in [0.1, 0.15) is 11.6 Å². The number of carboxylic acid groups (broad SMARTS) is 1. The topological polar surface area (TPSA) is 94.7 Å². The van der Waals surface area contributed by atoms with Gasteiger partial charge in [0.25, 0.3) is 0 Å². The quantitative estimate of drug-likeness (QED) is 0.701. The monoisotopic (exact) mass is 311 g/mol. The van der Waals surface area contributed by atoms with E-state index in [-0.39, 0.29) is 13.2 Å². The second-order valence-electron chi connectivity index (χ2n) is 5.94. The van der Waals surface area contributed by atoms with Crippen molar-refractivity contribution in [2.24, 2.45) is 7.05 Å². The maximum atomic E-state index is 10.7. The molecule has 0 bridgehead atoms. The molecule has 0 atom stereocenters. The number of hydrogen-bond acceptors (Lipinski definition) is 6. The Bertz CT molecular complexity index is 497. The summed E-state index contributed by atoms with van der Waals surface area (Å²) >= 11 is 0. The number of hydrogen-bond donors (Lipinski definition) is 2. The maximum absolute atomic E-state index is 10.7. The zero-order valence-corrected chi connectivity index (χ0v) is 13.3. The zero-order chi connectivity index (χ0) is 16.1. The number of aromatic nitrogens is 3. The number of likely N-dealkylation sites (N-methyl/N-ethyl adjacent to an activating group) is 1. The summed E-state index contributed by atoms with van der Waals surface area (Å²) < 4.78 is 2.03. The van der Waals surface area contributed by atoms with E-state index in [1.807, 2.05) is 28.5 Å². The standard InChI is InChI=1S/C14H25N5O3/c1-17(7-8-20)9-12-15-16-14(18(12)2)11-3-5-19(6-4-11)10-13(21)22/h11,20H,3-10H2,1-2H3,(H,21,22). The molecule has 1 aromatic heterocycles. The average molecular weight is 311 g/mol. The predicted octanol–water partition coefficient (Wildman–Crippen LogP) is -0.497. The lowest BCUT2D eigenvalue weighted by Crippen LogP contribution is -2.37. The van der Waals surface area contributed by atoms with Gasteiger partial charge in [-0.1, -0.05) is 0 Å². The highest BCUT2D eigenvalue weighted by Gasteiger charge is 2.26. The normalized spacial score (nSPS) is 17.3. The van der Waals surface area contributed by atoms with Gasteiger partial charge in [-0.15, -0.1) is 10.2 Å². The Labute approximate surface area is 130 Å². The van der Waals surface area contributed by atoms with Crippen LogP contribution in [0.4, 0.5) is 0 Å². The van der Waals surface area contributed by atoms with Crippen LogP contribution in [0.25, 0.3) is 0 Å². The van der Waals surface area contributed by atoms with E-state index in [0.29, 0.717) is 19.0 Å². The Kier molecular flexibility index (Phi) is 5.87. The Balaban J connectivity index is 1.94. The minimum absolute atomic E-state index is 0.114. The van der Waals surface area contributed by atoms with Crippen molar-refractivity contribution >= 4 is 5.97 Å². The number of carbonyl (C=O) groups is 1. The minimum atomic E-state index is -0.772. The van der Waals surface area contributed by atoms with Gasteiger partial charge in [-0.3, -0.25) is 14.6 Å². The van der Waals surface area contributed by atoms with E-state index in [2.05, 4.69) is 10.2 Å². The Morgan fingerprint density at radius 2 is 2.05 bits per heavy atom. The van der Waals surface area contributed by atoms with Crippen molar-refractivity contribution in [3.05, 3.63) is 11.6 Å². The summed E-state index contributed by atoms with van der Waals surface area (Å²) in [4.78, 5) is 14.7. The molecule has 0 unspecified atom stereocenters. The molecular weight excluding hydrogens is 286 g/mol. The number of nitrogens with zero attached hydrogens (tertiary/aromatic N) is 5. The van der Waals surface area contributed by atoms with Crippen molar-refractivity contribution in [3.8, 4) is 0 Å². The molecule has 22 heavy (non-hydrogen) atoms. The van der Waals surface area contributed by atoms with E-state index in [1.165, 1.54) is 0 Å². The molecule has 1 fully saturated rings. The summed E-state index contributed by atoms with van der Waals surface area (Å²) in [5, 5.41) is 26.4. The second kappa shape index (κ2) is 7.66. The highest BCUT2D eigenvalue weighted by Crippen LogP contribution is 2.26. The maximum Gasteiger partial charge on any atom is 0.317 e.